The van der Waals surface area contributed by atoms with Crippen LogP contribution in [0.2, 0.25) is 0 Å². The number of hydrogen-bond acceptors (Lipinski definition) is 4. The molecule has 1 aliphatic heterocycles. The third-order valence-corrected chi connectivity index (χ3v) is 5.60. The van der Waals surface area contributed by atoms with Crippen LogP contribution >= 0.6 is 0 Å². The lowest BCUT2D eigenvalue weighted by Crippen LogP contribution is -2.51. The van der Waals surface area contributed by atoms with E-state index in [0.717, 1.165) is 38.5 Å². The van der Waals surface area contributed by atoms with Crippen LogP contribution in [0.4, 0.5) is 0 Å². The van der Waals surface area contributed by atoms with Crippen molar-refractivity contribution in [3.63, 3.8) is 0 Å². The monoisotopic (exact) mass is 366 g/mol. The Bertz CT molecular complexity index is 495. The summed E-state index contributed by atoms with van der Waals surface area (Å²) >= 11 is 0. The van der Waals surface area contributed by atoms with Crippen molar-refractivity contribution >= 4 is 17.7 Å². The fourth-order valence-corrected chi connectivity index (χ4v) is 3.65. The summed E-state index contributed by atoms with van der Waals surface area (Å²) in [5.74, 6) is 0.0103. The summed E-state index contributed by atoms with van der Waals surface area (Å²) in [6.45, 7) is 4.95. The highest BCUT2D eigenvalue weighted by Gasteiger charge is 2.27. The fraction of sp³-hybridized carbons (Fsp3) is 0.842. The van der Waals surface area contributed by atoms with E-state index < -0.39 is 6.04 Å². The molecule has 1 saturated carbocycles. The van der Waals surface area contributed by atoms with Crippen molar-refractivity contribution in [1.82, 2.24) is 15.5 Å². The molecule has 0 spiro atoms. The Morgan fingerprint density at radius 1 is 1.04 bits per heavy atom. The number of nitrogens with two attached hydrogens (primary N) is 1. The first-order valence-corrected chi connectivity index (χ1v) is 10.00. The van der Waals surface area contributed by atoms with Gasteiger partial charge in [0.15, 0.2) is 0 Å². The predicted octanol–water partition coefficient (Wildman–Crippen LogP) is 0.773. The van der Waals surface area contributed by atoms with E-state index in [1.165, 1.54) is 6.42 Å². The summed E-state index contributed by atoms with van der Waals surface area (Å²) < 4.78 is 0. The third-order valence-electron chi connectivity index (χ3n) is 5.60. The first-order chi connectivity index (χ1) is 12.4. The van der Waals surface area contributed by atoms with Crippen molar-refractivity contribution in [2.24, 2.45) is 17.6 Å². The summed E-state index contributed by atoms with van der Waals surface area (Å²) in [5, 5.41) is 5.78. The van der Waals surface area contributed by atoms with Crippen molar-refractivity contribution in [2.75, 3.05) is 19.6 Å². The summed E-state index contributed by atoms with van der Waals surface area (Å²) in [6, 6.07) is -0.444. The molecule has 1 aliphatic carbocycles. The van der Waals surface area contributed by atoms with Crippen LogP contribution in [0.3, 0.4) is 0 Å². The lowest BCUT2D eigenvalue weighted by Gasteiger charge is -2.33. The third kappa shape index (κ3) is 5.97. The minimum atomic E-state index is -0.594. The van der Waals surface area contributed by atoms with Gasteiger partial charge in [-0.3, -0.25) is 14.4 Å². The number of carbonyl (C=O) groups excluding carboxylic acids is 3. The van der Waals surface area contributed by atoms with Crippen LogP contribution in [0.5, 0.6) is 0 Å². The molecule has 0 bridgehead atoms. The Morgan fingerprint density at radius 3 is 2.23 bits per heavy atom. The zero-order valence-corrected chi connectivity index (χ0v) is 16.1. The molecule has 1 atom stereocenters. The lowest BCUT2D eigenvalue weighted by atomic mass is 9.88. The van der Waals surface area contributed by atoms with E-state index in [4.69, 9.17) is 5.73 Å². The number of hydrogen-bond donors (Lipinski definition) is 3. The summed E-state index contributed by atoms with van der Waals surface area (Å²) in [5.41, 5.74) is 5.77. The smallest absolute Gasteiger partial charge is 0.241 e. The molecule has 0 aromatic rings. The normalized spacial score (nSPS) is 20.7. The average Bonchev–Trinajstić information content (AvgIpc) is 2.66. The van der Waals surface area contributed by atoms with Crippen molar-refractivity contribution in [3.8, 4) is 0 Å². The number of rotatable bonds is 6. The van der Waals surface area contributed by atoms with Crippen LogP contribution in [-0.4, -0.2) is 54.3 Å². The molecule has 0 unspecified atom stereocenters. The highest BCUT2D eigenvalue weighted by Crippen LogP contribution is 2.24. The molecule has 2 rings (SSSR count). The van der Waals surface area contributed by atoms with E-state index in [2.05, 4.69) is 10.6 Å². The van der Waals surface area contributed by atoms with Gasteiger partial charge in [-0.05, 0) is 31.6 Å². The standard InChI is InChI=1S/C19H34N4O3/c1-13(2)17(20)19(26)21-12-16(24)23-10-8-15(9-11-23)22-18(25)14-6-4-3-5-7-14/h13-15,17H,3-12,20H2,1-2H3,(H,21,26)(H,22,25)/t17-/m0/s1. The highest BCUT2D eigenvalue weighted by molar-refractivity contribution is 5.87. The Kier molecular flexibility index (Phi) is 7.87. The zero-order valence-electron chi connectivity index (χ0n) is 16.1. The van der Waals surface area contributed by atoms with E-state index in [1.807, 2.05) is 13.8 Å². The van der Waals surface area contributed by atoms with Crippen LogP contribution in [-0.2, 0) is 14.4 Å². The second-order valence-corrected chi connectivity index (χ2v) is 7.99. The molecule has 26 heavy (non-hydrogen) atoms. The van der Waals surface area contributed by atoms with Gasteiger partial charge in [0.1, 0.15) is 0 Å². The molecule has 0 aromatic carbocycles. The number of piperidine rings is 1. The van der Waals surface area contributed by atoms with Crippen molar-refractivity contribution in [3.05, 3.63) is 0 Å². The molecule has 7 heteroatoms. The maximum Gasteiger partial charge on any atom is 0.241 e. The Morgan fingerprint density at radius 2 is 1.65 bits per heavy atom. The van der Waals surface area contributed by atoms with Gasteiger partial charge in [-0.1, -0.05) is 33.1 Å². The number of amides is 3. The van der Waals surface area contributed by atoms with Gasteiger partial charge in [0.2, 0.25) is 17.7 Å². The lowest BCUT2D eigenvalue weighted by molar-refractivity contribution is -0.134. The van der Waals surface area contributed by atoms with Crippen molar-refractivity contribution in [2.45, 2.75) is 70.9 Å². The van der Waals surface area contributed by atoms with Gasteiger partial charge < -0.3 is 21.3 Å². The van der Waals surface area contributed by atoms with Crippen LogP contribution in [0.15, 0.2) is 0 Å². The van der Waals surface area contributed by atoms with E-state index in [9.17, 15) is 14.4 Å². The summed E-state index contributed by atoms with van der Waals surface area (Å²) in [7, 11) is 0. The SMILES string of the molecule is CC(C)[C@H](N)C(=O)NCC(=O)N1CCC(NC(=O)C2CCCCC2)CC1. The largest absolute Gasteiger partial charge is 0.353 e. The second-order valence-electron chi connectivity index (χ2n) is 7.99. The topological polar surface area (TPSA) is 105 Å². The van der Waals surface area contributed by atoms with E-state index in [0.29, 0.717) is 13.1 Å². The van der Waals surface area contributed by atoms with Gasteiger partial charge in [0.25, 0.3) is 0 Å². The molecular formula is C19H34N4O3. The molecular weight excluding hydrogens is 332 g/mol. The second kappa shape index (κ2) is 9.90. The quantitative estimate of drug-likeness (QED) is 0.646. The molecule has 0 aromatic heterocycles. The molecule has 1 heterocycles. The molecule has 148 valence electrons. The minimum Gasteiger partial charge on any atom is -0.353 e. The Balaban J connectivity index is 1.68. The predicted molar refractivity (Wildman–Crippen MR) is 100 cm³/mol. The molecule has 2 fully saturated rings. The van der Waals surface area contributed by atoms with Gasteiger partial charge in [-0.2, -0.15) is 0 Å². The molecule has 2 aliphatic rings. The maximum atomic E-state index is 12.3. The van der Waals surface area contributed by atoms with Crippen LogP contribution < -0.4 is 16.4 Å². The summed E-state index contributed by atoms with van der Waals surface area (Å²) in [4.78, 5) is 38.2. The van der Waals surface area contributed by atoms with Crippen molar-refractivity contribution < 1.29 is 14.4 Å². The Labute approximate surface area is 156 Å². The van der Waals surface area contributed by atoms with Crippen LogP contribution in [0, 0.1) is 11.8 Å². The average molecular weight is 367 g/mol. The van der Waals surface area contributed by atoms with Gasteiger partial charge in [0, 0.05) is 25.0 Å². The van der Waals surface area contributed by atoms with E-state index in [-0.39, 0.29) is 42.1 Å². The van der Waals surface area contributed by atoms with Gasteiger partial charge in [-0.25, -0.2) is 0 Å². The van der Waals surface area contributed by atoms with Gasteiger partial charge in [0.05, 0.1) is 12.6 Å². The zero-order chi connectivity index (χ0) is 19.1. The van der Waals surface area contributed by atoms with Gasteiger partial charge >= 0.3 is 0 Å². The van der Waals surface area contributed by atoms with E-state index in [1.54, 1.807) is 4.90 Å². The molecule has 0 radical (unpaired) electrons. The Hall–Kier alpha value is -1.63. The molecule has 4 N–H and O–H groups in total. The number of nitrogens with zero attached hydrogens (tertiary/aromatic N) is 1. The molecule has 3 amide bonds. The highest BCUT2D eigenvalue weighted by atomic mass is 16.2. The molecule has 7 nitrogen and oxygen atoms in total. The molecule has 1 saturated heterocycles. The van der Waals surface area contributed by atoms with Crippen molar-refractivity contribution in [1.29, 1.82) is 0 Å². The van der Waals surface area contributed by atoms with Crippen LogP contribution in [0.25, 0.3) is 0 Å². The first kappa shape index (κ1) is 20.7. The number of nitrogens with one attached hydrogen (secondary N) is 2. The van der Waals surface area contributed by atoms with Gasteiger partial charge in [-0.15, -0.1) is 0 Å². The minimum absolute atomic E-state index is 0.0155. The first-order valence-electron chi connectivity index (χ1n) is 10.00. The fourth-order valence-electron chi connectivity index (χ4n) is 3.65. The van der Waals surface area contributed by atoms with E-state index >= 15 is 0 Å². The number of likely N-dealkylation sites (tertiary alicyclic amines) is 1. The summed E-state index contributed by atoms with van der Waals surface area (Å²) in [6.07, 6.45) is 7.08. The maximum absolute atomic E-state index is 12.3. The van der Waals surface area contributed by atoms with Crippen LogP contribution in [0.1, 0.15) is 58.8 Å². The number of carbonyl (C=O) groups is 3.